The summed E-state index contributed by atoms with van der Waals surface area (Å²) >= 11 is 0. The summed E-state index contributed by atoms with van der Waals surface area (Å²) in [6, 6.07) is 8.31. The van der Waals surface area contributed by atoms with Crippen molar-refractivity contribution >= 4 is 23.4 Å². The second kappa shape index (κ2) is 8.30. The molecule has 0 saturated heterocycles. The van der Waals surface area contributed by atoms with E-state index in [4.69, 9.17) is 14.7 Å². The highest BCUT2D eigenvalue weighted by atomic mass is 16.5. The number of methoxy groups -OCH3 is 1. The van der Waals surface area contributed by atoms with Crippen LogP contribution in [0.15, 0.2) is 24.3 Å². The summed E-state index contributed by atoms with van der Waals surface area (Å²) in [4.78, 5) is 25.0. The molecule has 1 aromatic heterocycles. The molecule has 1 heterocycles. The van der Waals surface area contributed by atoms with E-state index < -0.39 is 5.41 Å². The second-order valence-corrected chi connectivity index (χ2v) is 10.6. The summed E-state index contributed by atoms with van der Waals surface area (Å²) in [7, 11) is 1.49. The molecule has 6 rings (SSSR count). The lowest BCUT2D eigenvalue weighted by molar-refractivity contribution is -0.151. The molecule has 0 amide bonds. The Morgan fingerprint density at radius 2 is 1.73 bits per heavy atom. The number of nitrogens with zero attached hydrogens (tertiary/aromatic N) is 3. The maximum absolute atomic E-state index is 12.4. The van der Waals surface area contributed by atoms with Gasteiger partial charge in [0.2, 0.25) is 5.95 Å². The number of nitrogens with one attached hydrogen (secondary N) is 1. The van der Waals surface area contributed by atoms with E-state index >= 15 is 0 Å². The van der Waals surface area contributed by atoms with E-state index in [0.29, 0.717) is 0 Å². The predicted octanol–water partition coefficient (Wildman–Crippen LogP) is 4.93. The van der Waals surface area contributed by atoms with Crippen LogP contribution in [0.4, 0.5) is 17.5 Å². The van der Waals surface area contributed by atoms with Crippen molar-refractivity contribution in [2.24, 2.45) is 11.8 Å². The average Bonchev–Trinajstić information content (AvgIpc) is 3.73. The molecule has 174 valence electrons. The van der Waals surface area contributed by atoms with Gasteiger partial charge in [-0.1, -0.05) is 18.6 Å². The number of anilines is 3. The van der Waals surface area contributed by atoms with Gasteiger partial charge in [-0.05, 0) is 87.3 Å². The smallest absolute Gasteiger partial charge is 0.316 e. The minimum Gasteiger partial charge on any atom is -0.468 e. The number of aromatic nitrogens is 2. The van der Waals surface area contributed by atoms with Gasteiger partial charge in [0, 0.05) is 24.3 Å². The van der Waals surface area contributed by atoms with Crippen LogP contribution in [-0.2, 0) is 27.8 Å². The number of fused-ring (bicyclic) bond motifs is 1. The Balaban J connectivity index is 1.26. The van der Waals surface area contributed by atoms with E-state index in [9.17, 15) is 4.79 Å². The molecule has 0 atom stereocenters. The van der Waals surface area contributed by atoms with Gasteiger partial charge in [0.05, 0.1) is 18.2 Å². The zero-order valence-corrected chi connectivity index (χ0v) is 19.6. The summed E-state index contributed by atoms with van der Waals surface area (Å²) in [5.74, 6) is 3.39. The van der Waals surface area contributed by atoms with Crippen molar-refractivity contribution in [3.63, 3.8) is 0 Å². The molecule has 4 aliphatic carbocycles. The molecular formula is C27H34N4O2. The lowest BCUT2D eigenvalue weighted by Gasteiger charge is -2.39. The van der Waals surface area contributed by atoms with E-state index in [1.165, 1.54) is 44.1 Å². The van der Waals surface area contributed by atoms with Crippen LogP contribution in [0.1, 0.15) is 68.2 Å². The summed E-state index contributed by atoms with van der Waals surface area (Å²) < 4.78 is 5.11. The molecule has 0 unspecified atom stereocenters. The molecule has 0 bridgehead atoms. The van der Waals surface area contributed by atoms with E-state index in [-0.39, 0.29) is 5.97 Å². The van der Waals surface area contributed by atoms with E-state index in [1.807, 2.05) is 0 Å². The quantitative estimate of drug-likeness (QED) is 0.551. The zero-order chi connectivity index (χ0) is 22.4. The summed E-state index contributed by atoms with van der Waals surface area (Å²) in [6.07, 6.45) is 11.4. The van der Waals surface area contributed by atoms with Gasteiger partial charge in [0.15, 0.2) is 0 Å². The Hall–Kier alpha value is -2.63. The molecule has 3 fully saturated rings. The van der Waals surface area contributed by atoms with Gasteiger partial charge in [-0.15, -0.1) is 0 Å². The maximum Gasteiger partial charge on any atom is 0.316 e. The Bertz CT molecular complexity index is 1020. The molecular weight excluding hydrogens is 412 g/mol. The fourth-order valence-corrected chi connectivity index (χ4v) is 5.47. The number of aryl methyl sites for hydroxylation is 1. The van der Waals surface area contributed by atoms with Gasteiger partial charge in [-0.25, -0.2) is 4.98 Å². The first kappa shape index (κ1) is 20.9. The molecule has 1 N–H and O–H groups in total. The first-order valence-electron chi connectivity index (χ1n) is 12.8. The van der Waals surface area contributed by atoms with Crippen LogP contribution in [0.5, 0.6) is 0 Å². The Morgan fingerprint density at radius 1 is 1.03 bits per heavy atom. The monoisotopic (exact) mass is 446 g/mol. The summed E-state index contributed by atoms with van der Waals surface area (Å²) in [5, 5.41) is 3.60. The third-order valence-electron chi connectivity index (χ3n) is 8.04. The van der Waals surface area contributed by atoms with Crippen LogP contribution >= 0.6 is 0 Å². The van der Waals surface area contributed by atoms with Gasteiger partial charge in [-0.2, -0.15) is 4.98 Å². The van der Waals surface area contributed by atoms with E-state index in [0.717, 1.165) is 86.5 Å². The van der Waals surface area contributed by atoms with Gasteiger partial charge < -0.3 is 15.0 Å². The van der Waals surface area contributed by atoms with Crippen molar-refractivity contribution in [1.82, 2.24) is 9.97 Å². The highest BCUT2D eigenvalue weighted by Crippen LogP contribution is 2.45. The Labute approximate surface area is 196 Å². The van der Waals surface area contributed by atoms with Gasteiger partial charge in [0.25, 0.3) is 0 Å². The van der Waals surface area contributed by atoms with Crippen LogP contribution in [0.25, 0.3) is 0 Å². The van der Waals surface area contributed by atoms with E-state index in [1.54, 1.807) is 0 Å². The largest absolute Gasteiger partial charge is 0.468 e. The molecule has 4 aliphatic rings. The van der Waals surface area contributed by atoms with Gasteiger partial charge in [0.1, 0.15) is 5.82 Å². The lowest BCUT2D eigenvalue weighted by Crippen LogP contribution is -2.43. The highest BCUT2D eigenvalue weighted by Gasteiger charge is 2.46. The van der Waals surface area contributed by atoms with Gasteiger partial charge >= 0.3 is 5.97 Å². The zero-order valence-electron chi connectivity index (χ0n) is 19.6. The van der Waals surface area contributed by atoms with Gasteiger partial charge in [-0.3, -0.25) is 4.79 Å². The Kier molecular flexibility index (Phi) is 5.27. The minimum absolute atomic E-state index is 0.112. The number of benzene rings is 1. The minimum atomic E-state index is -0.456. The van der Waals surface area contributed by atoms with Crippen LogP contribution in [0, 0.1) is 11.8 Å². The number of carbonyl (C=O) groups is 1. The first-order chi connectivity index (χ1) is 16.1. The molecule has 0 spiro atoms. The number of hydrogen-bond acceptors (Lipinski definition) is 6. The van der Waals surface area contributed by atoms with Crippen molar-refractivity contribution in [1.29, 1.82) is 0 Å². The number of hydrogen-bond donors (Lipinski definition) is 1. The third-order valence-corrected chi connectivity index (χ3v) is 8.04. The molecule has 33 heavy (non-hydrogen) atoms. The van der Waals surface area contributed by atoms with Crippen LogP contribution in [-0.4, -0.2) is 36.1 Å². The summed E-state index contributed by atoms with van der Waals surface area (Å²) in [5.41, 5.74) is 4.09. The topological polar surface area (TPSA) is 67.3 Å². The number of carbonyl (C=O) groups excluding carboxylic acids is 1. The van der Waals surface area contributed by atoms with Crippen molar-refractivity contribution in [2.75, 3.05) is 30.4 Å². The lowest BCUT2D eigenvalue weighted by atomic mass is 9.64. The highest BCUT2D eigenvalue weighted by molar-refractivity contribution is 5.84. The number of ether oxygens (including phenoxy) is 1. The fourth-order valence-electron chi connectivity index (χ4n) is 5.47. The standard InChI is InChI=1S/C27H34N4O2/c1-33-25(32)27(14-3-15-27)20-10-12-21(13-11-20)28-24-22-4-2-5-23(22)29-26(30-24)31(16-18-6-7-18)17-19-8-9-19/h10-13,18-19H,2-9,14-17H2,1H3,(H,28,29,30). The SMILES string of the molecule is COC(=O)C1(c2ccc(Nc3nc(N(CC4CC4)CC4CC4)nc4c3CCC4)cc2)CCC1. The maximum atomic E-state index is 12.4. The third kappa shape index (κ3) is 4.09. The summed E-state index contributed by atoms with van der Waals surface area (Å²) in [6.45, 7) is 2.19. The molecule has 0 radical (unpaired) electrons. The fraction of sp³-hybridized carbons (Fsp3) is 0.593. The van der Waals surface area contributed by atoms with E-state index in [2.05, 4.69) is 34.5 Å². The number of esters is 1. The van der Waals surface area contributed by atoms with Crippen molar-refractivity contribution in [3.8, 4) is 0 Å². The molecule has 6 nitrogen and oxygen atoms in total. The van der Waals surface area contributed by atoms with Crippen LogP contribution < -0.4 is 10.2 Å². The molecule has 1 aromatic carbocycles. The first-order valence-corrected chi connectivity index (χ1v) is 12.8. The van der Waals surface area contributed by atoms with Crippen LogP contribution in [0.3, 0.4) is 0 Å². The molecule has 6 heteroatoms. The molecule has 3 saturated carbocycles. The average molecular weight is 447 g/mol. The normalized spacial score (nSPS) is 20.6. The molecule has 0 aliphatic heterocycles. The van der Waals surface area contributed by atoms with Crippen molar-refractivity contribution in [3.05, 3.63) is 41.1 Å². The molecule has 2 aromatic rings. The second-order valence-electron chi connectivity index (χ2n) is 10.6. The van der Waals surface area contributed by atoms with Crippen LogP contribution in [0.2, 0.25) is 0 Å². The number of rotatable bonds is 9. The predicted molar refractivity (Wildman–Crippen MR) is 129 cm³/mol. The Morgan fingerprint density at radius 3 is 2.30 bits per heavy atom. The van der Waals surface area contributed by atoms with Crippen molar-refractivity contribution < 1.29 is 9.53 Å². The van der Waals surface area contributed by atoms with Crippen molar-refractivity contribution in [2.45, 2.75) is 69.6 Å².